The van der Waals surface area contributed by atoms with Crippen LogP contribution in [-0.2, 0) is 11.3 Å². The number of amides is 1. The molecular formula is C15H26N4O. The Labute approximate surface area is 121 Å². The monoisotopic (exact) mass is 278 g/mol. The van der Waals surface area contributed by atoms with Crippen molar-refractivity contribution < 1.29 is 4.79 Å². The fraction of sp³-hybridized carbons (Fsp3) is 0.733. The number of aromatic nitrogens is 2. The minimum absolute atomic E-state index is 0.313. The number of nitrogen functional groups attached to an aromatic ring is 1. The van der Waals surface area contributed by atoms with Crippen molar-refractivity contribution in [3.05, 3.63) is 12.3 Å². The summed E-state index contributed by atoms with van der Waals surface area (Å²) in [5.74, 6) is 2.23. The van der Waals surface area contributed by atoms with Gasteiger partial charge in [0.1, 0.15) is 5.82 Å². The number of anilines is 1. The maximum Gasteiger partial charge on any atom is 0.222 e. The van der Waals surface area contributed by atoms with Crippen molar-refractivity contribution in [3.8, 4) is 0 Å². The number of rotatable bonds is 5. The Bertz CT molecular complexity index is 441. The van der Waals surface area contributed by atoms with E-state index in [2.05, 4.69) is 18.9 Å². The second-order valence-corrected chi connectivity index (χ2v) is 6.07. The molecule has 1 aromatic heterocycles. The van der Waals surface area contributed by atoms with E-state index >= 15 is 0 Å². The molecule has 2 rings (SSSR count). The predicted molar refractivity (Wildman–Crippen MR) is 80.0 cm³/mol. The normalized spacial score (nSPS) is 20.4. The van der Waals surface area contributed by atoms with Gasteiger partial charge in [0.05, 0.1) is 0 Å². The van der Waals surface area contributed by atoms with Crippen molar-refractivity contribution in [2.24, 2.45) is 11.8 Å². The van der Waals surface area contributed by atoms with E-state index in [0.717, 1.165) is 38.9 Å². The van der Waals surface area contributed by atoms with Gasteiger partial charge in [-0.05, 0) is 37.2 Å². The Hall–Kier alpha value is -1.52. The number of hydrogen-bond acceptors (Lipinski definition) is 3. The van der Waals surface area contributed by atoms with Crippen LogP contribution < -0.4 is 5.73 Å². The molecular weight excluding hydrogens is 252 g/mol. The highest BCUT2D eigenvalue weighted by Gasteiger charge is 2.23. The van der Waals surface area contributed by atoms with Crippen molar-refractivity contribution in [3.63, 3.8) is 0 Å². The van der Waals surface area contributed by atoms with Crippen LogP contribution >= 0.6 is 0 Å². The van der Waals surface area contributed by atoms with Crippen LogP contribution in [0.15, 0.2) is 12.3 Å². The van der Waals surface area contributed by atoms with Gasteiger partial charge >= 0.3 is 0 Å². The number of aryl methyl sites for hydroxylation is 1. The van der Waals surface area contributed by atoms with Crippen molar-refractivity contribution in [1.82, 2.24) is 14.7 Å². The first-order valence-corrected chi connectivity index (χ1v) is 7.63. The molecule has 112 valence electrons. The molecule has 0 spiro atoms. The molecule has 0 radical (unpaired) electrons. The maximum atomic E-state index is 12.1. The summed E-state index contributed by atoms with van der Waals surface area (Å²) in [6.45, 7) is 7.06. The molecule has 1 saturated heterocycles. The van der Waals surface area contributed by atoms with Crippen molar-refractivity contribution in [1.29, 1.82) is 0 Å². The third-order valence-corrected chi connectivity index (χ3v) is 4.27. The summed E-state index contributed by atoms with van der Waals surface area (Å²) in [4.78, 5) is 14.1. The first-order chi connectivity index (χ1) is 9.56. The number of hydrogen-bond donors (Lipinski definition) is 1. The van der Waals surface area contributed by atoms with Gasteiger partial charge in [0.15, 0.2) is 0 Å². The van der Waals surface area contributed by atoms with Gasteiger partial charge in [-0.3, -0.25) is 9.48 Å². The third-order valence-electron chi connectivity index (χ3n) is 4.27. The molecule has 1 fully saturated rings. The highest BCUT2D eigenvalue weighted by Crippen LogP contribution is 2.25. The molecule has 1 amide bonds. The number of carbonyl (C=O) groups is 1. The molecule has 1 atom stereocenters. The number of nitrogens with two attached hydrogens (primary N) is 1. The van der Waals surface area contributed by atoms with Gasteiger partial charge in [-0.15, -0.1) is 0 Å². The lowest BCUT2D eigenvalue weighted by Gasteiger charge is -2.21. The van der Waals surface area contributed by atoms with Gasteiger partial charge < -0.3 is 10.6 Å². The molecule has 1 aliphatic rings. The lowest BCUT2D eigenvalue weighted by Crippen LogP contribution is -2.32. The van der Waals surface area contributed by atoms with Crippen LogP contribution in [0.5, 0.6) is 0 Å². The fourth-order valence-corrected chi connectivity index (χ4v) is 2.89. The molecule has 1 aliphatic heterocycles. The molecule has 2 N–H and O–H groups in total. The standard InChI is InChI=1S/C15H26N4O/c1-12(2)13-4-5-15(20)18(10-6-13)8-3-9-19-11-7-14(16)17-19/h7,11-13H,3-6,8-10H2,1-2H3,(H2,16,17). The summed E-state index contributed by atoms with van der Waals surface area (Å²) >= 11 is 0. The lowest BCUT2D eigenvalue weighted by molar-refractivity contribution is -0.130. The molecule has 0 saturated carbocycles. The van der Waals surface area contributed by atoms with Crippen LogP contribution in [0.1, 0.15) is 39.5 Å². The third kappa shape index (κ3) is 3.99. The largest absolute Gasteiger partial charge is 0.382 e. The summed E-state index contributed by atoms with van der Waals surface area (Å²) in [5.41, 5.74) is 5.58. The van der Waals surface area contributed by atoms with Gasteiger partial charge in [-0.25, -0.2) is 0 Å². The fourth-order valence-electron chi connectivity index (χ4n) is 2.89. The number of nitrogens with zero attached hydrogens (tertiary/aromatic N) is 3. The van der Waals surface area contributed by atoms with E-state index in [1.807, 2.05) is 15.8 Å². The first-order valence-electron chi connectivity index (χ1n) is 7.63. The van der Waals surface area contributed by atoms with Crippen LogP contribution in [0.4, 0.5) is 5.82 Å². The summed E-state index contributed by atoms with van der Waals surface area (Å²) in [5, 5.41) is 4.16. The topological polar surface area (TPSA) is 64.2 Å². The molecule has 5 nitrogen and oxygen atoms in total. The Balaban J connectivity index is 1.78. The highest BCUT2D eigenvalue weighted by atomic mass is 16.2. The summed E-state index contributed by atoms with van der Waals surface area (Å²) < 4.78 is 1.84. The minimum Gasteiger partial charge on any atom is -0.382 e. The van der Waals surface area contributed by atoms with Crippen molar-refractivity contribution in [2.45, 2.75) is 46.1 Å². The average molecular weight is 278 g/mol. The molecule has 1 unspecified atom stereocenters. The molecule has 2 heterocycles. The van der Waals surface area contributed by atoms with Crippen LogP contribution in [0.2, 0.25) is 0 Å². The molecule has 0 bridgehead atoms. The van der Waals surface area contributed by atoms with Gasteiger partial charge in [0.2, 0.25) is 5.91 Å². The van der Waals surface area contributed by atoms with E-state index in [1.54, 1.807) is 6.07 Å². The van der Waals surface area contributed by atoms with E-state index in [0.29, 0.717) is 30.0 Å². The smallest absolute Gasteiger partial charge is 0.222 e. The van der Waals surface area contributed by atoms with Gasteiger partial charge in [0.25, 0.3) is 0 Å². The van der Waals surface area contributed by atoms with E-state index in [1.165, 1.54) is 0 Å². The summed E-state index contributed by atoms with van der Waals surface area (Å²) in [6.07, 6.45) is 5.70. The molecule has 1 aromatic rings. The van der Waals surface area contributed by atoms with E-state index in [9.17, 15) is 4.79 Å². The summed E-state index contributed by atoms with van der Waals surface area (Å²) in [6, 6.07) is 1.80. The van der Waals surface area contributed by atoms with Crippen molar-refractivity contribution >= 4 is 11.7 Å². The SMILES string of the molecule is CC(C)C1CCC(=O)N(CCCn2ccc(N)n2)CC1. The Morgan fingerprint density at radius 1 is 1.40 bits per heavy atom. The highest BCUT2D eigenvalue weighted by molar-refractivity contribution is 5.76. The van der Waals surface area contributed by atoms with Crippen LogP contribution in [0.3, 0.4) is 0 Å². The van der Waals surface area contributed by atoms with E-state index < -0.39 is 0 Å². The molecule has 0 aromatic carbocycles. The Morgan fingerprint density at radius 3 is 2.85 bits per heavy atom. The predicted octanol–water partition coefficient (Wildman–Crippen LogP) is 2.14. The van der Waals surface area contributed by atoms with Gasteiger partial charge in [-0.1, -0.05) is 13.8 Å². The first kappa shape index (κ1) is 14.9. The summed E-state index contributed by atoms with van der Waals surface area (Å²) in [7, 11) is 0. The molecule has 5 heteroatoms. The molecule has 0 aliphatic carbocycles. The van der Waals surface area contributed by atoms with E-state index in [-0.39, 0.29) is 0 Å². The van der Waals surface area contributed by atoms with Crippen LogP contribution in [0, 0.1) is 11.8 Å². The quantitative estimate of drug-likeness (QED) is 0.897. The number of likely N-dealkylation sites (tertiary alicyclic amines) is 1. The number of carbonyl (C=O) groups excluding carboxylic acids is 1. The zero-order valence-electron chi connectivity index (χ0n) is 12.6. The van der Waals surface area contributed by atoms with Gasteiger partial charge in [-0.2, -0.15) is 5.10 Å². The van der Waals surface area contributed by atoms with Crippen LogP contribution in [-0.4, -0.2) is 33.7 Å². The molecule has 20 heavy (non-hydrogen) atoms. The Morgan fingerprint density at radius 2 is 2.20 bits per heavy atom. The van der Waals surface area contributed by atoms with Crippen LogP contribution in [0.25, 0.3) is 0 Å². The second-order valence-electron chi connectivity index (χ2n) is 6.07. The van der Waals surface area contributed by atoms with Gasteiger partial charge in [0, 0.05) is 32.3 Å². The minimum atomic E-state index is 0.313. The maximum absolute atomic E-state index is 12.1. The Kier molecular flexibility index (Phi) is 5.04. The average Bonchev–Trinajstić information content (AvgIpc) is 2.71. The van der Waals surface area contributed by atoms with E-state index in [4.69, 9.17) is 5.73 Å². The lowest BCUT2D eigenvalue weighted by atomic mass is 9.89. The zero-order valence-corrected chi connectivity index (χ0v) is 12.6. The zero-order chi connectivity index (χ0) is 14.5. The van der Waals surface area contributed by atoms with Crippen molar-refractivity contribution in [2.75, 3.05) is 18.8 Å². The second kappa shape index (κ2) is 6.77.